The van der Waals surface area contributed by atoms with Crippen molar-refractivity contribution in [2.24, 2.45) is 0 Å². The molecule has 27 heavy (non-hydrogen) atoms. The fourth-order valence-corrected chi connectivity index (χ4v) is 5.59. The van der Waals surface area contributed by atoms with Crippen LogP contribution in [-0.4, -0.2) is 27.8 Å². The molecule has 1 N–H and O–H groups in total. The Morgan fingerprint density at radius 2 is 2.22 bits per heavy atom. The maximum atomic E-state index is 13.3. The summed E-state index contributed by atoms with van der Waals surface area (Å²) in [5.74, 6) is 0.187. The summed E-state index contributed by atoms with van der Waals surface area (Å²) >= 11 is 3.00. The van der Waals surface area contributed by atoms with E-state index in [1.54, 1.807) is 22.0 Å². The second-order valence-electron chi connectivity index (χ2n) is 6.83. The number of hydrogen-bond donors (Lipinski definition) is 1. The van der Waals surface area contributed by atoms with Crippen LogP contribution in [0.15, 0.2) is 22.6 Å². The van der Waals surface area contributed by atoms with Gasteiger partial charge in [-0.25, -0.2) is 4.98 Å². The summed E-state index contributed by atoms with van der Waals surface area (Å²) in [5.41, 5.74) is 1.29. The Kier molecular flexibility index (Phi) is 7.13. The molecule has 0 unspecified atom stereocenters. The predicted molar refractivity (Wildman–Crippen MR) is 114 cm³/mol. The maximum absolute atomic E-state index is 13.3. The number of nitrogens with zero attached hydrogens (tertiary/aromatic N) is 2. The number of amides is 1. The largest absolute Gasteiger partial charge is 0.352 e. The van der Waals surface area contributed by atoms with Crippen molar-refractivity contribution in [2.45, 2.75) is 63.6 Å². The molecule has 0 saturated heterocycles. The molecule has 1 aliphatic rings. The van der Waals surface area contributed by atoms with Crippen LogP contribution in [-0.2, 0) is 24.2 Å². The molecule has 0 radical (unpaired) electrons. The van der Waals surface area contributed by atoms with Gasteiger partial charge in [-0.3, -0.25) is 14.2 Å². The fourth-order valence-electron chi connectivity index (χ4n) is 3.43. The van der Waals surface area contributed by atoms with Gasteiger partial charge in [0.1, 0.15) is 4.83 Å². The molecule has 5 nitrogen and oxygen atoms in total. The third-order valence-corrected chi connectivity index (χ3v) is 6.96. The van der Waals surface area contributed by atoms with Crippen LogP contribution in [0.25, 0.3) is 10.2 Å². The van der Waals surface area contributed by atoms with E-state index < -0.39 is 0 Å². The van der Waals surface area contributed by atoms with Crippen LogP contribution < -0.4 is 10.9 Å². The van der Waals surface area contributed by atoms with Crippen molar-refractivity contribution in [1.29, 1.82) is 0 Å². The first-order chi connectivity index (χ1) is 13.2. The highest BCUT2D eigenvalue weighted by molar-refractivity contribution is 7.99. The maximum Gasteiger partial charge on any atom is 0.263 e. The summed E-state index contributed by atoms with van der Waals surface area (Å²) in [6, 6.07) is 0. The van der Waals surface area contributed by atoms with Crippen LogP contribution in [0.1, 0.15) is 49.5 Å². The number of carbonyl (C=O) groups excluding carboxylic acids is 1. The van der Waals surface area contributed by atoms with E-state index >= 15 is 0 Å². The molecule has 0 aromatic carbocycles. The average molecular weight is 406 g/mol. The van der Waals surface area contributed by atoms with Gasteiger partial charge in [-0.1, -0.05) is 44.0 Å². The minimum atomic E-state index is -0.0690. The number of thioether (sulfide) groups is 1. The SMILES string of the molecule is C=CCNC(=O)CSc1nc2sc3c(c2c(=O)n1CCCCCC)CCC3. The van der Waals surface area contributed by atoms with E-state index in [9.17, 15) is 9.59 Å². The van der Waals surface area contributed by atoms with Gasteiger partial charge in [-0.2, -0.15) is 0 Å². The van der Waals surface area contributed by atoms with E-state index in [1.807, 2.05) is 0 Å². The molecule has 1 aliphatic carbocycles. The third kappa shape index (κ3) is 4.63. The number of unbranched alkanes of at least 4 members (excludes halogenated alkanes) is 3. The summed E-state index contributed by atoms with van der Waals surface area (Å²) in [6.07, 6.45) is 9.23. The Bertz CT molecular complexity index is 885. The second kappa shape index (κ2) is 9.55. The van der Waals surface area contributed by atoms with Crippen LogP contribution in [0.3, 0.4) is 0 Å². The Labute approximate surface area is 168 Å². The van der Waals surface area contributed by atoms with Gasteiger partial charge < -0.3 is 5.32 Å². The topological polar surface area (TPSA) is 64.0 Å². The number of hydrogen-bond acceptors (Lipinski definition) is 5. The Morgan fingerprint density at radius 1 is 1.37 bits per heavy atom. The average Bonchev–Trinajstić information content (AvgIpc) is 3.24. The van der Waals surface area contributed by atoms with Crippen LogP contribution in [0.4, 0.5) is 0 Å². The molecule has 7 heteroatoms. The monoisotopic (exact) mass is 405 g/mol. The van der Waals surface area contributed by atoms with Gasteiger partial charge in [-0.15, -0.1) is 17.9 Å². The van der Waals surface area contributed by atoms with Gasteiger partial charge in [0, 0.05) is 18.0 Å². The van der Waals surface area contributed by atoms with E-state index in [2.05, 4.69) is 18.8 Å². The Hall–Kier alpha value is -1.60. The first kappa shape index (κ1) is 20.1. The lowest BCUT2D eigenvalue weighted by Crippen LogP contribution is -2.27. The van der Waals surface area contributed by atoms with Crippen LogP contribution in [0.2, 0.25) is 0 Å². The molecule has 2 aromatic rings. The summed E-state index contributed by atoms with van der Waals surface area (Å²) in [6.45, 7) is 6.91. The quantitative estimate of drug-likeness (QED) is 0.282. The van der Waals surface area contributed by atoms with Crippen molar-refractivity contribution in [3.63, 3.8) is 0 Å². The second-order valence-corrected chi connectivity index (χ2v) is 8.86. The first-order valence-electron chi connectivity index (χ1n) is 9.71. The smallest absolute Gasteiger partial charge is 0.263 e. The van der Waals surface area contributed by atoms with Crippen molar-refractivity contribution >= 4 is 39.2 Å². The first-order valence-corrected chi connectivity index (χ1v) is 11.5. The molecule has 0 fully saturated rings. The van der Waals surface area contributed by atoms with Crippen LogP contribution in [0, 0.1) is 0 Å². The molecule has 2 heterocycles. The van der Waals surface area contributed by atoms with Crippen molar-refractivity contribution in [2.75, 3.05) is 12.3 Å². The summed E-state index contributed by atoms with van der Waals surface area (Å²) in [5, 5.41) is 4.26. The molecule has 146 valence electrons. The number of aryl methyl sites for hydroxylation is 2. The van der Waals surface area contributed by atoms with Crippen molar-refractivity contribution in [3.05, 3.63) is 33.4 Å². The van der Waals surface area contributed by atoms with Gasteiger partial charge in [0.25, 0.3) is 5.56 Å². The molecule has 1 amide bonds. The number of carbonyl (C=O) groups is 1. The molecule has 0 spiro atoms. The van der Waals surface area contributed by atoms with Crippen LogP contribution >= 0.6 is 23.1 Å². The standard InChI is InChI=1S/C20H27N3O2S2/c1-3-5-6-7-12-23-19(25)17-14-9-8-10-15(14)27-18(17)22-20(23)26-13-16(24)21-11-4-2/h4H,2-3,5-13H2,1H3,(H,21,24). The van der Waals surface area contributed by atoms with E-state index in [-0.39, 0.29) is 17.2 Å². The zero-order valence-corrected chi connectivity index (χ0v) is 17.5. The highest BCUT2D eigenvalue weighted by atomic mass is 32.2. The number of rotatable bonds is 10. The number of aromatic nitrogens is 2. The molecular formula is C20H27N3O2S2. The van der Waals surface area contributed by atoms with E-state index in [0.717, 1.165) is 48.7 Å². The summed E-state index contributed by atoms with van der Waals surface area (Å²) < 4.78 is 1.80. The summed E-state index contributed by atoms with van der Waals surface area (Å²) in [7, 11) is 0. The third-order valence-electron chi connectivity index (χ3n) is 4.80. The van der Waals surface area contributed by atoms with Gasteiger partial charge in [0.15, 0.2) is 5.16 Å². The van der Waals surface area contributed by atoms with Crippen molar-refractivity contribution in [3.8, 4) is 0 Å². The molecule has 0 saturated carbocycles. The summed E-state index contributed by atoms with van der Waals surface area (Å²) in [4.78, 5) is 32.2. The Morgan fingerprint density at radius 3 is 3.00 bits per heavy atom. The van der Waals surface area contributed by atoms with Gasteiger partial charge in [0.05, 0.1) is 11.1 Å². The van der Waals surface area contributed by atoms with Gasteiger partial charge in [0.2, 0.25) is 5.91 Å². The normalized spacial score (nSPS) is 13.1. The molecule has 2 aromatic heterocycles. The fraction of sp³-hybridized carbons (Fsp3) is 0.550. The highest BCUT2D eigenvalue weighted by Crippen LogP contribution is 2.35. The van der Waals surface area contributed by atoms with E-state index in [4.69, 9.17) is 4.98 Å². The molecule has 0 aliphatic heterocycles. The molecular weight excluding hydrogens is 378 g/mol. The van der Waals surface area contributed by atoms with Crippen LogP contribution in [0.5, 0.6) is 0 Å². The van der Waals surface area contributed by atoms with Crippen molar-refractivity contribution < 1.29 is 4.79 Å². The lowest BCUT2D eigenvalue weighted by atomic mass is 10.2. The molecule has 0 bridgehead atoms. The lowest BCUT2D eigenvalue weighted by Gasteiger charge is -2.12. The zero-order chi connectivity index (χ0) is 19.2. The van der Waals surface area contributed by atoms with E-state index in [1.165, 1.54) is 28.6 Å². The van der Waals surface area contributed by atoms with Crippen molar-refractivity contribution in [1.82, 2.24) is 14.9 Å². The minimum Gasteiger partial charge on any atom is -0.352 e. The lowest BCUT2D eigenvalue weighted by molar-refractivity contribution is -0.118. The highest BCUT2D eigenvalue weighted by Gasteiger charge is 2.23. The predicted octanol–water partition coefficient (Wildman–Crippen LogP) is 3.92. The van der Waals surface area contributed by atoms with Gasteiger partial charge in [-0.05, 0) is 31.2 Å². The molecule has 3 rings (SSSR count). The molecule has 0 atom stereocenters. The van der Waals surface area contributed by atoms with E-state index in [0.29, 0.717) is 18.2 Å². The number of fused-ring (bicyclic) bond motifs is 3. The minimum absolute atomic E-state index is 0.0690. The number of thiophene rings is 1. The number of nitrogens with one attached hydrogen (secondary N) is 1. The Balaban J connectivity index is 1.88. The zero-order valence-electron chi connectivity index (χ0n) is 15.9. The van der Waals surface area contributed by atoms with Gasteiger partial charge >= 0.3 is 0 Å².